The van der Waals surface area contributed by atoms with E-state index in [1.807, 2.05) is 0 Å². The van der Waals surface area contributed by atoms with Crippen molar-refractivity contribution in [2.24, 2.45) is 0 Å². The lowest BCUT2D eigenvalue weighted by Gasteiger charge is -2.38. The Kier molecular flexibility index (Phi) is 2.92. The molecule has 0 bridgehead atoms. The number of nitrogens with zero attached hydrogens (tertiary/aromatic N) is 1. The molecule has 0 N–H and O–H groups in total. The molecule has 0 heterocycles. The van der Waals surface area contributed by atoms with Crippen LogP contribution in [0.1, 0.15) is 12.8 Å². The molecular weight excluding hydrogens is 194 g/mol. The van der Waals surface area contributed by atoms with Crippen molar-refractivity contribution >= 4 is 16.5 Å². The van der Waals surface area contributed by atoms with Crippen LogP contribution in [0.15, 0.2) is 0 Å². The van der Waals surface area contributed by atoms with Crippen molar-refractivity contribution < 1.29 is 17.9 Å². The standard InChI is InChI=1S/C7H13NO4S/c1-8(13(2,10)11)6-3-7(4-6)12-5-9/h5-7H,3-4H2,1-2H3. The number of rotatable bonds is 4. The lowest BCUT2D eigenvalue weighted by Crippen LogP contribution is -2.48. The van der Waals surface area contributed by atoms with Gasteiger partial charge >= 0.3 is 0 Å². The van der Waals surface area contributed by atoms with Gasteiger partial charge in [-0.3, -0.25) is 4.79 Å². The summed E-state index contributed by atoms with van der Waals surface area (Å²) in [6.45, 7) is 0.404. The van der Waals surface area contributed by atoms with Crippen LogP contribution >= 0.6 is 0 Å². The Hall–Kier alpha value is -0.620. The molecule has 0 aliphatic heterocycles. The molecule has 0 aromatic heterocycles. The van der Waals surface area contributed by atoms with Crippen molar-refractivity contribution in [2.75, 3.05) is 13.3 Å². The minimum Gasteiger partial charge on any atom is -0.464 e. The molecule has 6 heteroatoms. The maximum atomic E-state index is 11.0. The van der Waals surface area contributed by atoms with Crippen molar-refractivity contribution in [1.29, 1.82) is 0 Å². The molecule has 76 valence electrons. The average Bonchev–Trinajstić information content (AvgIpc) is 1.92. The molecule has 1 aliphatic carbocycles. The Morgan fingerprint density at radius 3 is 2.38 bits per heavy atom. The van der Waals surface area contributed by atoms with Crippen molar-refractivity contribution in [3.63, 3.8) is 0 Å². The van der Waals surface area contributed by atoms with Crippen LogP contribution in [0.3, 0.4) is 0 Å². The predicted octanol–water partition coefficient (Wildman–Crippen LogP) is -0.418. The largest absolute Gasteiger partial charge is 0.464 e. The van der Waals surface area contributed by atoms with E-state index >= 15 is 0 Å². The molecule has 0 spiro atoms. The van der Waals surface area contributed by atoms with Crippen LogP contribution in [-0.4, -0.2) is 44.6 Å². The molecule has 0 saturated heterocycles. The summed E-state index contributed by atoms with van der Waals surface area (Å²) in [5.41, 5.74) is 0. The molecular formula is C7H13NO4S. The molecule has 1 saturated carbocycles. The van der Waals surface area contributed by atoms with Gasteiger partial charge in [-0.1, -0.05) is 0 Å². The van der Waals surface area contributed by atoms with Gasteiger partial charge in [0.25, 0.3) is 6.47 Å². The van der Waals surface area contributed by atoms with E-state index in [-0.39, 0.29) is 12.1 Å². The first kappa shape index (κ1) is 10.5. The minimum atomic E-state index is -3.11. The van der Waals surface area contributed by atoms with Crippen LogP contribution in [0.25, 0.3) is 0 Å². The van der Waals surface area contributed by atoms with Crippen molar-refractivity contribution in [2.45, 2.75) is 25.0 Å². The fourth-order valence-electron chi connectivity index (χ4n) is 1.30. The molecule has 13 heavy (non-hydrogen) atoms. The van der Waals surface area contributed by atoms with E-state index < -0.39 is 10.0 Å². The summed E-state index contributed by atoms with van der Waals surface area (Å²) in [4.78, 5) is 9.93. The Bertz CT molecular complexity index is 281. The van der Waals surface area contributed by atoms with Gasteiger partial charge in [-0.15, -0.1) is 0 Å². The van der Waals surface area contributed by atoms with Gasteiger partial charge in [0.2, 0.25) is 10.0 Å². The topological polar surface area (TPSA) is 63.7 Å². The van der Waals surface area contributed by atoms with E-state index in [0.717, 1.165) is 0 Å². The molecule has 0 aromatic carbocycles. The maximum Gasteiger partial charge on any atom is 0.293 e. The summed E-state index contributed by atoms with van der Waals surface area (Å²) in [7, 11) is -1.57. The summed E-state index contributed by atoms with van der Waals surface area (Å²) in [5, 5.41) is 0. The van der Waals surface area contributed by atoms with E-state index in [2.05, 4.69) is 4.74 Å². The molecule has 0 unspecified atom stereocenters. The number of hydrogen-bond acceptors (Lipinski definition) is 4. The quantitative estimate of drug-likeness (QED) is 0.587. The van der Waals surface area contributed by atoms with Crippen LogP contribution in [0.4, 0.5) is 0 Å². The fourth-order valence-corrected chi connectivity index (χ4v) is 2.01. The highest BCUT2D eigenvalue weighted by Crippen LogP contribution is 2.28. The summed E-state index contributed by atoms with van der Waals surface area (Å²) < 4.78 is 28.1. The Morgan fingerprint density at radius 2 is 2.00 bits per heavy atom. The summed E-state index contributed by atoms with van der Waals surface area (Å²) in [5.74, 6) is 0. The summed E-state index contributed by atoms with van der Waals surface area (Å²) in [6.07, 6.45) is 2.26. The fraction of sp³-hybridized carbons (Fsp3) is 0.857. The number of carbonyl (C=O) groups excluding carboxylic acids is 1. The highest BCUT2D eigenvalue weighted by Gasteiger charge is 2.36. The highest BCUT2D eigenvalue weighted by atomic mass is 32.2. The van der Waals surface area contributed by atoms with Crippen molar-refractivity contribution in [3.8, 4) is 0 Å². The van der Waals surface area contributed by atoms with Crippen LogP contribution in [0.5, 0.6) is 0 Å². The Balaban J connectivity index is 2.39. The second-order valence-electron chi connectivity index (χ2n) is 3.26. The van der Waals surface area contributed by atoms with Crippen LogP contribution in [-0.2, 0) is 19.6 Å². The normalized spacial score (nSPS) is 28.2. The van der Waals surface area contributed by atoms with E-state index in [1.54, 1.807) is 0 Å². The van der Waals surface area contributed by atoms with Crippen molar-refractivity contribution in [3.05, 3.63) is 0 Å². The smallest absolute Gasteiger partial charge is 0.293 e. The van der Waals surface area contributed by atoms with Crippen LogP contribution in [0, 0.1) is 0 Å². The average molecular weight is 207 g/mol. The minimum absolute atomic E-state index is 0.0139. The van der Waals surface area contributed by atoms with Gasteiger partial charge in [-0.25, -0.2) is 12.7 Å². The number of sulfonamides is 1. The first-order valence-electron chi connectivity index (χ1n) is 3.97. The highest BCUT2D eigenvalue weighted by molar-refractivity contribution is 7.88. The van der Waals surface area contributed by atoms with Gasteiger partial charge in [0.05, 0.1) is 6.26 Å². The monoisotopic (exact) mass is 207 g/mol. The second-order valence-corrected chi connectivity index (χ2v) is 5.30. The van der Waals surface area contributed by atoms with Gasteiger partial charge in [0.1, 0.15) is 6.10 Å². The Morgan fingerprint density at radius 1 is 1.46 bits per heavy atom. The zero-order valence-electron chi connectivity index (χ0n) is 7.63. The third kappa shape index (κ3) is 2.41. The summed E-state index contributed by atoms with van der Waals surface area (Å²) >= 11 is 0. The van der Waals surface area contributed by atoms with Gasteiger partial charge in [-0.05, 0) is 0 Å². The van der Waals surface area contributed by atoms with Gasteiger partial charge < -0.3 is 4.74 Å². The maximum absolute atomic E-state index is 11.0. The first-order chi connectivity index (χ1) is 5.95. The molecule has 1 aliphatic rings. The molecule has 0 aromatic rings. The zero-order chi connectivity index (χ0) is 10.1. The van der Waals surface area contributed by atoms with E-state index in [1.165, 1.54) is 17.6 Å². The Labute approximate surface area is 77.7 Å². The lowest BCUT2D eigenvalue weighted by molar-refractivity contribution is -0.139. The number of carbonyl (C=O) groups is 1. The van der Waals surface area contributed by atoms with Gasteiger partial charge in [-0.2, -0.15) is 0 Å². The van der Waals surface area contributed by atoms with E-state index in [4.69, 9.17) is 0 Å². The third-order valence-electron chi connectivity index (χ3n) is 2.36. The SMILES string of the molecule is CN(C1CC(OC=O)C1)S(C)(=O)=O. The van der Waals surface area contributed by atoms with Crippen LogP contribution in [0.2, 0.25) is 0 Å². The van der Waals surface area contributed by atoms with Crippen LogP contribution < -0.4 is 0 Å². The second kappa shape index (κ2) is 3.63. The number of ether oxygens (including phenoxy) is 1. The molecule has 5 nitrogen and oxygen atoms in total. The molecule has 1 fully saturated rings. The summed E-state index contributed by atoms with van der Waals surface area (Å²) in [6, 6.07) is -0.0139. The van der Waals surface area contributed by atoms with Gasteiger partial charge in [0.15, 0.2) is 0 Å². The molecule has 0 atom stereocenters. The predicted molar refractivity (Wildman–Crippen MR) is 46.6 cm³/mol. The third-order valence-corrected chi connectivity index (χ3v) is 3.70. The van der Waals surface area contributed by atoms with Gasteiger partial charge in [0, 0.05) is 25.9 Å². The molecule has 0 radical (unpaired) electrons. The molecule has 1 rings (SSSR count). The lowest BCUT2D eigenvalue weighted by atomic mass is 9.89. The van der Waals surface area contributed by atoms with Crippen molar-refractivity contribution in [1.82, 2.24) is 4.31 Å². The number of hydrogen-bond donors (Lipinski definition) is 0. The molecule has 0 amide bonds. The first-order valence-corrected chi connectivity index (χ1v) is 5.82. The van der Waals surface area contributed by atoms with E-state index in [0.29, 0.717) is 19.3 Å². The van der Waals surface area contributed by atoms with E-state index in [9.17, 15) is 13.2 Å². The zero-order valence-corrected chi connectivity index (χ0v) is 8.45.